The molecule has 0 spiro atoms. The molecule has 7 heteroatoms. The Morgan fingerprint density at radius 2 is 1.96 bits per heavy atom. The number of hydrogen-bond donors (Lipinski definition) is 1. The Morgan fingerprint density at radius 3 is 2.81 bits per heavy atom. The fourth-order valence-corrected chi connectivity index (χ4v) is 3.95. The molecule has 1 saturated carbocycles. The largest absolute Gasteiger partial charge is 0.351 e. The van der Waals surface area contributed by atoms with Crippen molar-refractivity contribution in [2.75, 3.05) is 10.2 Å². The van der Waals surface area contributed by atoms with Crippen molar-refractivity contribution in [3.8, 4) is 0 Å². The number of fused-ring (bicyclic) bond motifs is 2. The van der Waals surface area contributed by atoms with Crippen LogP contribution in [0.15, 0.2) is 43.0 Å². The van der Waals surface area contributed by atoms with E-state index in [2.05, 4.69) is 25.3 Å². The van der Waals surface area contributed by atoms with Crippen molar-refractivity contribution < 1.29 is 4.79 Å². The van der Waals surface area contributed by atoms with E-state index in [0.29, 0.717) is 5.95 Å². The predicted octanol–water partition coefficient (Wildman–Crippen LogP) is 2.69. The van der Waals surface area contributed by atoms with Crippen LogP contribution in [-0.4, -0.2) is 37.9 Å². The molecule has 1 aliphatic heterocycles. The van der Waals surface area contributed by atoms with Gasteiger partial charge in [0.25, 0.3) is 0 Å². The van der Waals surface area contributed by atoms with E-state index in [9.17, 15) is 4.79 Å². The minimum absolute atomic E-state index is 0.100. The topological polar surface area (TPSA) is 83.9 Å². The number of carbonyl (C=O) groups is 1. The molecule has 27 heavy (non-hydrogen) atoms. The van der Waals surface area contributed by atoms with E-state index in [1.54, 1.807) is 6.20 Å². The molecular formula is C20H20N6O. The first-order chi connectivity index (χ1) is 13.0. The van der Waals surface area contributed by atoms with Gasteiger partial charge in [-0.2, -0.15) is 0 Å². The average Bonchev–Trinajstić information content (AvgIpc) is 2.85. The zero-order valence-corrected chi connectivity index (χ0v) is 15.3. The SMILES string of the molecule is CC1(C)C(=O)N(C2CC(Nc3ncc4ccccc4n3)C2)c2ncncc21. The van der Waals surface area contributed by atoms with Crippen molar-refractivity contribution in [1.82, 2.24) is 19.9 Å². The number of carbonyl (C=O) groups excluding carboxylic acids is 1. The minimum Gasteiger partial charge on any atom is -0.351 e. The van der Waals surface area contributed by atoms with Gasteiger partial charge >= 0.3 is 0 Å². The molecule has 136 valence electrons. The molecule has 2 aliphatic rings. The maximum absolute atomic E-state index is 12.9. The Bertz CT molecular complexity index is 1040. The summed E-state index contributed by atoms with van der Waals surface area (Å²) < 4.78 is 0. The molecule has 0 unspecified atom stereocenters. The summed E-state index contributed by atoms with van der Waals surface area (Å²) in [6.07, 6.45) is 6.80. The molecule has 2 aromatic heterocycles. The maximum Gasteiger partial charge on any atom is 0.238 e. The van der Waals surface area contributed by atoms with Crippen molar-refractivity contribution in [2.24, 2.45) is 0 Å². The quantitative estimate of drug-likeness (QED) is 0.773. The summed E-state index contributed by atoms with van der Waals surface area (Å²) in [4.78, 5) is 32.3. The normalized spacial score (nSPS) is 23.2. The van der Waals surface area contributed by atoms with Crippen molar-refractivity contribution in [1.29, 1.82) is 0 Å². The summed E-state index contributed by atoms with van der Waals surface area (Å²) in [5.41, 5.74) is 1.26. The minimum atomic E-state index is -0.573. The van der Waals surface area contributed by atoms with E-state index >= 15 is 0 Å². The van der Waals surface area contributed by atoms with Gasteiger partial charge in [0.15, 0.2) is 0 Å². The van der Waals surface area contributed by atoms with Gasteiger partial charge in [0.1, 0.15) is 12.1 Å². The highest BCUT2D eigenvalue weighted by molar-refractivity contribution is 6.07. The van der Waals surface area contributed by atoms with E-state index in [-0.39, 0.29) is 18.0 Å². The maximum atomic E-state index is 12.9. The summed E-state index contributed by atoms with van der Waals surface area (Å²) in [5.74, 6) is 1.49. The van der Waals surface area contributed by atoms with E-state index in [0.717, 1.165) is 35.1 Å². The number of amides is 1. The molecule has 7 nitrogen and oxygen atoms in total. The number of nitrogens with one attached hydrogen (secondary N) is 1. The highest BCUT2D eigenvalue weighted by Crippen LogP contribution is 2.44. The van der Waals surface area contributed by atoms with Gasteiger partial charge in [0.05, 0.1) is 10.9 Å². The number of aromatic nitrogens is 4. The second kappa shape index (κ2) is 5.70. The Labute approximate surface area is 156 Å². The summed E-state index contributed by atoms with van der Waals surface area (Å²) in [7, 11) is 0. The highest BCUT2D eigenvalue weighted by atomic mass is 16.2. The molecule has 1 amide bonds. The third kappa shape index (κ3) is 2.45. The summed E-state index contributed by atoms with van der Waals surface area (Å²) in [6.45, 7) is 3.88. The van der Waals surface area contributed by atoms with Crippen LogP contribution in [-0.2, 0) is 10.2 Å². The first-order valence-corrected chi connectivity index (χ1v) is 9.16. The summed E-state index contributed by atoms with van der Waals surface area (Å²) in [6, 6.07) is 8.32. The van der Waals surface area contributed by atoms with Crippen LogP contribution in [0.3, 0.4) is 0 Å². The van der Waals surface area contributed by atoms with Crippen LogP contribution in [0.25, 0.3) is 10.9 Å². The third-order valence-corrected chi connectivity index (χ3v) is 5.65. The lowest BCUT2D eigenvalue weighted by molar-refractivity contribution is -0.122. The molecule has 1 aliphatic carbocycles. The Morgan fingerprint density at radius 1 is 1.15 bits per heavy atom. The fraction of sp³-hybridized carbons (Fsp3) is 0.350. The van der Waals surface area contributed by atoms with Gasteiger partial charge in [-0.1, -0.05) is 18.2 Å². The lowest BCUT2D eigenvalue weighted by Crippen LogP contribution is -2.53. The van der Waals surface area contributed by atoms with E-state index in [1.165, 1.54) is 6.33 Å². The summed E-state index contributed by atoms with van der Waals surface area (Å²) in [5, 5.41) is 4.41. The van der Waals surface area contributed by atoms with Gasteiger partial charge in [-0.3, -0.25) is 9.69 Å². The van der Waals surface area contributed by atoms with Crippen LogP contribution in [0.5, 0.6) is 0 Å². The lowest BCUT2D eigenvalue weighted by Gasteiger charge is -2.41. The number of benzene rings is 1. The first kappa shape index (κ1) is 16.1. The molecule has 1 N–H and O–H groups in total. The van der Waals surface area contributed by atoms with Crippen molar-refractivity contribution >= 4 is 28.6 Å². The van der Waals surface area contributed by atoms with Gasteiger partial charge in [-0.25, -0.2) is 19.9 Å². The van der Waals surface area contributed by atoms with Crippen LogP contribution in [0, 0.1) is 0 Å². The molecule has 0 bridgehead atoms. The molecule has 5 rings (SSSR count). The first-order valence-electron chi connectivity index (χ1n) is 9.16. The zero-order valence-electron chi connectivity index (χ0n) is 15.3. The van der Waals surface area contributed by atoms with Crippen LogP contribution in [0.1, 0.15) is 32.3 Å². The highest BCUT2D eigenvalue weighted by Gasteiger charge is 2.50. The molecule has 0 radical (unpaired) electrons. The van der Waals surface area contributed by atoms with Gasteiger partial charge < -0.3 is 5.32 Å². The van der Waals surface area contributed by atoms with Crippen LogP contribution < -0.4 is 10.2 Å². The number of anilines is 2. The van der Waals surface area contributed by atoms with Gasteiger partial charge in [0.2, 0.25) is 11.9 Å². The molecule has 0 saturated heterocycles. The number of hydrogen-bond acceptors (Lipinski definition) is 6. The molecular weight excluding hydrogens is 340 g/mol. The standard InChI is InChI=1S/C20H20N6O/c1-20(2)15-10-21-11-23-17(15)26(18(20)27)14-7-13(8-14)24-19-22-9-12-5-3-4-6-16(12)25-19/h3-6,9-11,13-14H,7-8H2,1-2H3,(H,22,24,25). The Balaban J connectivity index is 1.31. The molecule has 3 aromatic rings. The van der Waals surface area contributed by atoms with Crippen molar-refractivity contribution in [3.05, 3.63) is 48.5 Å². The molecule has 1 aromatic carbocycles. The van der Waals surface area contributed by atoms with E-state index in [4.69, 9.17) is 0 Å². The average molecular weight is 360 g/mol. The number of para-hydroxylation sites is 1. The number of nitrogens with zero attached hydrogens (tertiary/aromatic N) is 5. The third-order valence-electron chi connectivity index (χ3n) is 5.65. The molecule has 0 atom stereocenters. The lowest BCUT2D eigenvalue weighted by atomic mass is 9.84. The second-order valence-electron chi connectivity index (χ2n) is 7.78. The van der Waals surface area contributed by atoms with E-state index < -0.39 is 5.41 Å². The van der Waals surface area contributed by atoms with Crippen molar-refractivity contribution in [3.63, 3.8) is 0 Å². The number of rotatable bonds is 3. The van der Waals surface area contributed by atoms with Gasteiger partial charge in [-0.15, -0.1) is 0 Å². The zero-order chi connectivity index (χ0) is 18.6. The monoisotopic (exact) mass is 360 g/mol. The fourth-order valence-electron chi connectivity index (χ4n) is 3.95. The molecule has 1 fully saturated rings. The smallest absolute Gasteiger partial charge is 0.238 e. The summed E-state index contributed by atoms with van der Waals surface area (Å²) >= 11 is 0. The van der Waals surface area contributed by atoms with Gasteiger partial charge in [-0.05, 0) is 32.8 Å². The molecule has 3 heterocycles. The van der Waals surface area contributed by atoms with Crippen LogP contribution >= 0.6 is 0 Å². The predicted molar refractivity (Wildman–Crippen MR) is 103 cm³/mol. The van der Waals surface area contributed by atoms with E-state index in [1.807, 2.05) is 49.2 Å². The van der Waals surface area contributed by atoms with Crippen LogP contribution in [0.2, 0.25) is 0 Å². The Kier molecular flexibility index (Phi) is 3.40. The second-order valence-corrected chi connectivity index (χ2v) is 7.78. The van der Waals surface area contributed by atoms with Crippen LogP contribution in [0.4, 0.5) is 11.8 Å². The Hall–Kier alpha value is -3.09. The van der Waals surface area contributed by atoms with Crippen molar-refractivity contribution in [2.45, 2.75) is 44.2 Å². The van der Waals surface area contributed by atoms with Gasteiger partial charge in [0, 0.05) is 35.4 Å².